The van der Waals surface area contributed by atoms with Gasteiger partial charge in [-0.25, -0.2) is 0 Å². The molecule has 4 N–H and O–H groups in total. The minimum absolute atomic E-state index is 0. The summed E-state index contributed by atoms with van der Waals surface area (Å²) < 4.78 is 10.1. The minimum atomic E-state index is -1.70. The molecule has 1 saturated heterocycles. The van der Waals surface area contributed by atoms with Gasteiger partial charge in [0.15, 0.2) is 18.7 Å². The van der Waals surface area contributed by atoms with Crippen LogP contribution in [0.4, 0.5) is 0 Å². The Labute approximate surface area is 283 Å². The summed E-state index contributed by atoms with van der Waals surface area (Å²) in [5.74, 6) is 0. The van der Waals surface area contributed by atoms with Gasteiger partial charge in [0.1, 0.15) is 18.3 Å². The van der Waals surface area contributed by atoms with Gasteiger partial charge in [0.2, 0.25) is 0 Å². The van der Waals surface area contributed by atoms with E-state index in [2.05, 4.69) is 0 Å². The molecule has 1 heterocycles. The molecule has 1 fully saturated rings. The maximum absolute atomic E-state index is 9.74. The van der Waals surface area contributed by atoms with E-state index in [0.717, 1.165) is 0 Å². The zero-order valence-corrected chi connectivity index (χ0v) is 31.7. The van der Waals surface area contributed by atoms with Crippen LogP contribution in [0.2, 0.25) is 0 Å². The molecule has 1 aromatic carbocycles. The summed E-state index contributed by atoms with van der Waals surface area (Å²) in [7, 11) is 0. The zero-order valence-electron chi connectivity index (χ0n) is 12.7. The second-order valence-corrected chi connectivity index (χ2v) is 4.42. The summed E-state index contributed by atoms with van der Waals surface area (Å²) in [6.45, 7) is 0. The first-order valence-corrected chi connectivity index (χ1v) is 6.02. The minimum Gasteiger partial charge on any atom is -0.387 e. The van der Waals surface area contributed by atoms with Crippen molar-refractivity contribution in [2.45, 2.75) is 37.0 Å². The average Bonchev–Trinajstić information content (AvgIpc) is 2.48. The smallest absolute Gasteiger partial charge is 0.191 e. The van der Waals surface area contributed by atoms with Gasteiger partial charge < -0.3 is 29.9 Å². The van der Waals surface area contributed by atoms with Gasteiger partial charge in [-0.05, 0) is 5.56 Å². The predicted molar refractivity (Wildman–Crippen MR) is 64.8 cm³/mol. The molecular formula is C13H15Ac4NO6. The van der Waals surface area contributed by atoms with Gasteiger partial charge in [-0.2, -0.15) is 5.26 Å². The zero-order chi connectivity index (χ0) is 14.7. The molecule has 0 amide bonds. The predicted octanol–water partition coefficient (Wildman–Crippen LogP) is -0.975. The molecule has 0 bridgehead atoms. The van der Waals surface area contributed by atoms with Crippen molar-refractivity contribution in [3.8, 4) is 6.07 Å². The fourth-order valence-corrected chi connectivity index (χ4v) is 1.89. The summed E-state index contributed by atoms with van der Waals surface area (Å²) in [5, 5.41) is 47.1. The summed E-state index contributed by atoms with van der Waals surface area (Å²) in [4.78, 5) is 0. The van der Waals surface area contributed by atoms with E-state index in [4.69, 9.17) is 14.7 Å². The number of hydrogen-bond donors (Lipinski definition) is 4. The van der Waals surface area contributed by atoms with Crippen LogP contribution in [0, 0.1) is 188 Å². The molecule has 6 atom stereocenters. The van der Waals surface area contributed by atoms with Gasteiger partial charge in [0, 0.05) is 176 Å². The maximum Gasteiger partial charge on any atom is 0.191 e. The van der Waals surface area contributed by atoms with Crippen molar-refractivity contribution in [2.24, 2.45) is 0 Å². The molecule has 7 nitrogen and oxygen atoms in total. The van der Waals surface area contributed by atoms with E-state index in [9.17, 15) is 20.4 Å². The summed E-state index contributed by atoms with van der Waals surface area (Å²) in [5.41, 5.74) is 0.543. The normalized spacial score (nSPS) is 29.4. The van der Waals surface area contributed by atoms with E-state index in [1.54, 1.807) is 30.3 Å². The molecule has 2 rings (SSSR count). The Morgan fingerprint density at radius 2 is 1.46 bits per heavy atom. The molecular weight excluding hydrogens is 1170 g/mol. The summed E-state index contributed by atoms with van der Waals surface area (Å²) in [6, 6.07) is 10.4. The van der Waals surface area contributed by atoms with Gasteiger partial charge in [-0.15, -0.1) is 0 Å². The molecule has 1 aliphatic rings. The van der Waals surface area contributed by atoms with Crippen LogP contribution in [0.15, 0.2) is 30.3 Å². The van der Waals surface area contributed by atoms with Crippen LogP contribution in [-0.4, -0.2) is 51.3 Å². The van der Waals surface area contributed by atoms with Crippen LogP contribution in [0.3, 0.4) is 0 Å². The van der Waals surface area contributed by atoms with E-state index >= 15 is 0 Å². The molecule has 11 heteroatoms. The van der Waals surface area contributed by atoms with Crippen molar-refractivity contribution in [1.82, 2.24) is 0 Å². The third-order valence-corrected chi connectivity index (χ3v) is 3.03. The molecule has 1 aliphatic heterocycles. The first kappa shape index (κ1) is 32.9. The summed E-state index contributed by atoms with van der Waals surface area (Å²) >= 11 is 0. The van der Waals surface area contributed by atoms with Gasteiger partial charge in [0.05, 0.1) is 6.07 Å². The third kappa shape index (κ3) is 9.37. The van der Waals surface area contributed by atoms with Crippen LogP contribution >= 0.6 is 0 Å². The van der Waals surface area contributed by atoms with Crippen molar-refractivity contribution in [3.63, 3.8) is 0 Å². The van der Waals surface area contributed by atoms with Gasteiger partial charge in [-0.3, -0.25) is 0 Å². The Hall–Kier alpha value is 4.24. The molecule has 0 aromatic heterocycles. The van der Waals surface area contributed by atoms with Crippen LogP contribution < -0.4 is 0 Å². The molecule has 1 aromatic rings. The Balaban J connectivity index is -0.00000110. The Bertz CT molecular complexity index is 491. The fraction of sp³-hybridized carbons (Fsp3) is 0.462. The Kier molecular flexibility index (Phi) is 23.3. The molecule has 4 radical (unpaired) electrons. The van der Waals surface area contributed by atoms with E-state index in [1.165, 1.54) is 0 Å². The van der Waals surface area contributed by atoms with E-state index in [0.29, 0.717) is 5.56 Å². The van der Waals surface area contributed by atoms with Crippen LogP contribution in [0.1, 0.15) is 11.7 Å². The number of nitrogens with zero attached hydrogens (tertiary/aromatic N) is 1. The van der Waals surface area contributed by atoms with Crippen LogP contribution in [0.5, 0.6) is 0 Å². The van der Waals surface area contributed by atoms with E-state index in [-0.39, 0.29) is 176 Å². The molecule has 24 heavy (non-hydrogen) atoms. The first-order valence-electron chi connectivity index (χ1n) is 6.02. The number of benzene rings is 1. The van der Waals surface area contributed by atoms with E-state index < -0.39 is 37.0 Å². The standard InChI is InChI=1S/C13H15NO6.4Ac/c14-6-8(7-4-2-1-3-5-7)19-13-11(17)9(15)10(16)12(18)20-13;;;;/h1-5,8-13,15-18H;;;;/t8?,9-,10-,11+,12-,13+;;;;/m0..../s1. The first-order chi connectivity index (χ1) is 9.54. The fourth-order valence-electron chi connectivity index (χ4n) is 1.89. The average molecular weight is 1190 g/mol. The monoisotopic (exact) mass is 1190 g/mol. The van der Waals surface area contributed by atoms with Crippen LogP contribution in [-0.2, 0) is 9.47 Å². The topological polar surface area (TPSA) is 123 Å². The number of nitriles is 1. The Morgan fingerprint density at radius 3 is 1.96 bits per heavy atom. The number of aliphatic hydroxyl groups is 4. The van der Waals surface area contributed by atoms with E-state index in [1.807, 2.05) is 6.07 Å². The van der Waals surface area contributed by atoms with Crippen molar-refractivity contribution >= 4 is 0 Å². The maximum atomic E-state index is 9.74. The second-order valence-electron chi connectivity index (χ2n) is 4.42. The summed E-state index contributed by atoms with van der Waals surface area (Å²) in [6.07, 6.45) is -9.00. The quantitative estimate of drug-likeness (QED) is 0.308. The molecule has 1 unspecified atom stereocenters. The van der Waals surface area contributed by atoms with Crippen molar-refractivity contribution in [2.75, 3.05) is 0 Å². The molecule has 0 spiro atoms. The van der Waals surface area contributed by atoms with Crippen molar-refractivity contribution < 1.29 is 206 Å². The van der Waals surface area contributed by atoms with Crippen LogP contribution in [0.25, 0.3) is 0 Å². The SMILES string of the molecule is N#CC(O[C@@H]1O[C@H](O)[C@@H](O)[C@H](O)[C@H]1O)c1ccccc1.[Ac].[Ac].[Ac].[Ac]. The molecule has 0 saturated carbocycles. The largest absolute Gasteiger partial charge is 0.387 e. The van der Waals surface area contributed by atoms with Gasteiger partial charge in [-0.1, -0.05) is 30.3 Å². The third-order valence-electron chi connectivity index (χ3n) is 3.03. The number of ether oxygens (including phenoxy) is 2. The van der Waals surface area contributed by atoms with Gasteiger partial charge >= 0.3 is 0 Å². The molecule has 120 valence electrons. The van der Waals surface area contributed by atoms with Gasteiger partial charge in [0.25, 0.3) is 0 Å². The number of rotatable bonds is 3. The number of aliphatic hydroxyl groups excluding tert-OH is 4. The van der Waals surface area contributed by atoms with Crippen molar-refractivity contribution in [3.05, 3.63) is 35.9 Å². The second kappa shape index (κ2) is 17.0. The molecule has 0 aliphatic carbocycles. The van der Waals surface area contributed by atoms with Crippen molar-refractivity contribution in [1.29, 1.82) is 5.26 Å². The Morgan fingerprint density at radius 1 is 0.917 bits per heavy atom. The number of hydrogen-bond acceptors (Lipinski definition) is 7.